The third-order valence-electron chi connectivity index (χ3n) is 3.43. The van der Waals surface area contributed by atoms with E-state index < -0.39 is 0 Å². The minimum atomic E-state index is 0.405. The third kappa shape index (κ3) is 2.27. The molecule has 1 aromatic carbocycles. The number of hydrogen-bond donors (Lipinski definition) is 1. The van der Waals surface area contributed by atoms with Gasteiger partial charge >= 0.3 is 0 Å². The molecule has 1 aliphatic carbocycles. The van der Waals surface area contributed by atoms with Crippen molar-refractivity contribution >= 4 is 28.4 Å². The molecule has 0 bridgehead atoms. The van der Waals surface area contributed by atoms with Crippen LogP contribution in [0.1, 0.15) is 30.4 Å². The number of aromatic nitrogens is 1. The molecule has 0 amide bonds. The molecule has 1 N–H and O–H groups in total. The average Bonchev–Trinajstić information content (AvgIpc) is 3.08. The standard InChI is InChI=1S/C15H13ClN2O2/c16-14-6-4-11(19-14)8-17-10-3-5-13-12(7-10)18-15(20-13)9-1-2-9/h3-7,9,17H,1-2,8H2. The van der Waals surface area contributed by atoms with Gasteiger partial charge in [0.15, 0.2) is 16.7 Å². The minimum Gasteiger partial charge on any atom is -0.448 e. The predicted octanol–water partition coefficient (Wildman–Crippen LogP) is 4.56. The van der Waals surface area contributed by atoms with Crippen LogP contribution in [-0.2, 0) is 6.54 Å². The highest BCUT2D eigenvalue weighted by molar-refractivity contribution is 6.28. The molecular formula is C15H13ClN2O2. The molecule has 0 spiro atoms. The number of anilines is 1. The average molecular weight is 289 g/mol. The van der Waals surface area contributed by atoms with Gasteiger partial charge in [0.05, 0.1) is 6.54 Å². The Hall–Kier alpha value is -1.94. The molecule has 2 heterocycles. The molecule has 3 aromatic rings. The Labute approximate surface area is 120 Å². The molecule has 0 atom stereocenters. The fraction of sp³-hybridized carbons (Fsp3) is 0.267. The lowest BCUT2D eigenvalue weighted by Gasteiger charge is -2.03. The Morgan fingerprint density at radius 2 is 2.10 bits per heavy atom. The van der Waals surface area contributed by atoms with Gasteiger partial charge < -0.3 is 14.2 Å². The van der Waals surface area contributed by atoms with Crippen LogP contribution >= 0.6 is 11.6 Å². The van der Waals surface area contributed by atoms with Crippen LogP contribution in [0.15, 0.2) is 39.2 Å². The Kier molecular flexibility index (Phi) is 2.70. The third-order valence-corrected chi connectivity index (χ3v) is 3.63. The number of fused-ring (bicyclic) bond motifs is 1. The molecule has 5 heteroatoms. The second kappa shape index (κ2) is 4.56. The molecule has 4 rings (SSSR count). The van der Waals surface area contributed by atoms with Crippen LogP contribution < -0.4 is 5.32 Å². The van der Waals surface area contributed by atoms with Crippen molar-refractivity contribution in [3.8, 4) is 0 Å². The van der Waals surface area contributed by atoms with Gasteiger partial charge in [0.1, 0.15) is 11.3 Å². The summed E-state index contributed by atoms with van der Waals surface area (Å²) in [6, 6.07) is 9.52. The van der Waals surface area contributed by atoms with E-state index in [0.717, 1.165) is 28.4 Å². The molecule has 4 nitrogen and oxygen atoms in total. The Morgan fingerprint density at radius 1 is 1.20 bits per heavy atom. The normalized spacial score (nSPS) is 14.8. The first-order valence-corrected chi connectivity index (χ1v) is 7.04. The number of nitrogens with one attached hydrogen (secondary N) is 1. The SMILES string of the molecule is Clc1ccc(CNc2ccc3oc(C4CC4)nc3c2)o1. The summed E-state index contributed by atoms with van der Waals surface area (Å²) in [6.45, 7) is 0.589. The monoisotopic (exact) mass is 288 g/mol. The molecule has 0 aliphatic heterocycles. The molecule has 1 saturated carbocycles. The van der Waals surface area contributed by atoms with Gasteiger partial charge in [-0.1, -0.05) is 0 Å². The van der Waals surface area contributed by atoms with E-state index in [9.17, 15) is 0 Å². The van der Waals surface area contributed by atoms with E-state index in [-0.39, 0.29) is 0 Å². The smallest absolute Gasteiger partial charge is 0.198 e. The van der Waals surface area contributed by atoms with E-state index in [1.165, 1.54) is 12.8 Å². The maximum absolute atomic E-state index is 5.74. The van der Waals surface area contributed by atoms with Gasteiger partial charge in [-0.3, -0.25) is 0 Å². The van der Waals surface area contributed by atoms with Crippen LogP contribution in [0.4, 0.5) is 5.69 Å². The van der Waals surface area contributed by atoms with Crippen LogP contribution in [0.2, 0.25) is 5.22 Å². The number of furan rings is 1. The molecule has 1 aliphatic rings. The molecule has 20 heavy (non-hydrogen) atoms. The molecule has 1 fully saturated rings. The second-order valence-corrected chi connectivity index (χ2v) is 5.44. The highest BCUT2D eigenvalue weighted by atomic mass is 35.5. The van der Waals surface area contributed by atoms with Gasteiger partial charge in [0, 0.05) is 11.6 Å². The summed E-state index contributed by atoms with van der Waals surface area (Å²) in [5.74, 6) is 2.20. The van der Waals surface area contributed by atoms with Crippen molar-refractivity contribution in [2.24, 2.45) is 0 Å². The van der Waals surface area contributed by atoms with Crippen LogP contribution in [0.5, 0.6) is 0 Å². The van der Waals surface area contributed by atoms with E-state index in [1.54, 1.807) is 6.07 Å². The molecule has 2 aromatic heterocycles. The number of nitrogens with zero attached hydrogens (tertiary/aromatic N) is 1. The van der Waals surface area contributed by atoms with Crippen LogP contribution in [0, 0.1) is 0 Å². The topological polar surface area (TPSA) is 51.2 Å². The van der Waals surface area contributed by atoms with Crippen LogP contribution in [0.25, 0.3) is 11.1 Å². The summed E-state index contributed by atoms with van der Waals surface area (Å²) in [5, 5.41) is 3.69. The fourth-order valence-corrected chi connectivity index (χ4v) is 2.36. The number of hydrogen-bond acceptors (Lipinski definition) is 4. The lowest BCUT2D eigenvalue weighted by molar-refractivity contribution is 0.520. The molecule has 0 saturated heterocycles. The largest absolute Gasteiger partial charge is 0.448 e. The quantitative estimate of drug-likeness (QED) is 0.764. The van der Waals surface area contributed by atoms with E-state index >= 15 is 0 Å². The van der Waals surface area contributed by atoms with Gasteiger partial charge in [0.25, 0.3) is 0 Å². The van der Waals surface area contributed by atoms with Gasteiger partial charge in [-0.15, -0.1) is 0 Å². The van der Waals surface area contributed by atoms with Gasteiger partial charge in [0.2, 0.25) is 0 Å². The van der Waals surface area contributed by atoms with Crippen LogP contribution in [0.3, 0.4) is 0 Å². The lowest BCUT2D eigenvalue weighted by atomic mass is 10.3. The van der Waals surface area contributed by atoms with Crippen molar-refractivity contribution in [2.45, 2.75) is 25.3 Å². The Bertz CT molecular complexity index is 758. The zero-order valence-electron chi connectivity index (χ0n) is 10.7. The van der Waals surface area contributed by atoms with Crippen molar-refractivity contribution in [2.75, 3.05) is 5.32 Å². The van der Waals surface area contributed by atoms with Gasteiger partial charge in [-0.2, -0.15) is 0 Å². The van der Waals surface area contributed by atoms with E-state index in [2.05, 4.69) is 10.3 Å². The van der Waals surface area contributed by atoms with Crippen LogP contribution in [-0.4, -0.2) is 4.98 Å². The zero-order valence-corrected chi connectivity index (χ0v) is 11.5. The highest BCUT2D eigenvalue weighted by Crippen LogP contribution is 2.40. The maximum atomic E-state index is 5.74. The summed E-state index contributed by atoms with van der Waals surface area (Å²) >= 11 is 5.74. The number of halogens is 1. The van der Waals surface area contributed by atoms with Crippen molar-refractivity contribution < 1.29 is 8.83 Å². The molecule has 0 unspecified atom stereocenters. The first kappa shape index (κ1) is 11.9. The Morgan fingerprint density at radius 3 is 2.85 bits per heavy atom. The predicted molar refractivity (Wildman–Crippen MR) is 77.0 cm³/mol. The zero-order chi connectivity index (χ0) is 13.5. The summed E-state index contributed by atoms with van der Waals surface area (Å²) in [4.78, 5) is 4.54. The summed E-state index contributed by atoms with van der Waals surface area (Å²) in [7, 11) is 0. The summed E-state index contributed by atoms with van der Waals surface area (Å²) in [5.41, 5.74) is 2.73. The van der Waals surface area contributed by atoms with Crippen molar-refractivity contribution in [1.82, 2.24) is 4.98 Å². The number of benzene rings is 1. The van der Waals surface area contributed by atoms with Gasteiger partial charge in [-0.05, 0) is 54.8 Å². The molecular weight excluding hydrogens is 276 g/mol. The Balaban J connectivity index is 1.54. The van der Waals surface area contributed by atoms with E-state index in [4.69, 9.17) is 20.4 Å². The van der Waals surface area contributed by atoms with E-state index in [0.29, 0.717) is 17.7 Å². The maximum Gasteiger partial charge on any atom is 0.198 e. The number of rotatable bonds is 4. The van der Waals surface area contributed by atoms with Crippen molar-refractivity contribution in [3.05, 3.63) is 47.2 Å². The highest BCUT2D eigenvalue weighted by Gasteiger charge is 2.28. The number of oxazole rings is 1. The fourth-order valence-electron chi connectivity index (χ4n) is 2.20. The first-order chi connectivity index (χ1) is 9.78. The van der Waals surface area contributed by atoms with Crippen molar-refractivity contribution in [1.29, 1.82) is 0 Å². The van der Waals surface area contributed by atoms with Gasteiger partial charge in [-0.25, -0.2) is 4.98 Å². The van der Waals surface area contributed by atoms with Crippen molar-refractivity contribution in [3.63, 3.8) is 0 Å². The summed E-state index contributed by atoms with van der Waals surface area (Å²) in [6.07, 6.45) is 2.38. The first-order valence-electron chi connectivity index (χ1n) is 6.66. The summed E-state index contributed by atoms with van der Waals surface area (Å²) < 4.78 is 11.0. The minimum absolute atomic E-state index is 0.405. The van der Waals surface area contributed by atoms with E-state index in [1.807, 2.05) is 24.3 Å². The molecule has 0 radical (unpaired) electrons. The lowest BCUT2D eigenvalue weighted by Crippen LogP contribution is -1.97. The second-order valence-electron chi connectivity index (χ2n) is 5.07. The molecule has 102 valence electrons.